The van der Waals surface area contributed by atoms with E-state index in [1.165, 1.54) is 12.1 Å². The number of carbonyl (C=O) groups is 1. The number of hydrogen-bond acceptors (Lipinski definition) is 3. The van der Waals surface area contributed by atoms with E-state index in [2.05, 4.69) is 5.32 Å². The summed E-state index contributed by atoms with van der Waals surface area (Å²) in [6.07, 6.45) is 0.361. The number of nitrogens with one attached hydrogen (secondary N) is 1. The van der Waals surface area contributed by atoms with E-state index in [1.54, 1.807) is 24.3 Å². The van der Waals surface area contributed by atoms with Gasteiger partial charge in [-0.1, -0.05) is 12.1 Å². The van der Waals surface area contributed by atoms with Gasteiger partial charge in [0.05, 0.1) is 0 Å². The van der Waals surface area contributed by atoms with Crippen LogP contribution < -0.4 is 11.1 Å². The molecular weight excluding hydrogens is 255 g/mol. The van der Waals surface area contributed by atoms with Gasteiger partial charge < -0.3 is 11.1 Å². The molecule has 0 fully saturated rings. The molecule has 0 aromatic heterocycles. The van der Waals surface area contributed by atoms with Gasteiger partial charge in [0.2, 0.25) is 0 Å². The zero-order chi connectivity index (χ0) is 14.5. The van der Waals surface area contributed by atoms with E-state index in [1.807, 2.05) is 13.0 Å². The molecule has 0 atom stereocenters. The van der Waals surface area contributed by atoms with E-state index in [0.717, 1.165) is 11.3 Å². The van der Waals surface area contributed by atoms with Crippen LogP contribution in [-0.2, 0) is 0 Å². The van der Waals surface area contributed by atoms with Gasteiger partial charge in [-0.05, 0) is 42.8 Å². The number of halogens is 1. The van der Waals surface area contributed by atoms with Crippen molar-refractivity contribution in [3.05, 3.63) is 59.4 Å². The van der Waals surface area contributed by atoms with Gasteiger partial charge in [0.15, 0.2) is 5.78 Å². The van der Waals surface area contributed by atoms with Crippen molar-refractivity contribution < 1.29 is 9.18 Å². The second kappa shape index (κ2) is 6.19. The van der Waals surface area contributed by atoms with Gasteiger partial charge in [0.25, 0.3) is 0 Å². The summed E-state index contributed by atoms with van der Waals surface area (Å²) in [5, 5.41) is 3.08. The molecule has 2 aromatic rings. The van der Waals surface area contributed by atoms with Crippen molar-refractivity contribution >= 4 is 17.2 Å². The van der Waals surface area contributed by atoms with Crippen LogP contribution in [0.1, 0.15) is 22.3 Å². The lowest BCUT2D eigenvalue weighted by molar-refractivity contribution is 0.0986. The predicted molar refractivity (Wildman–Crippen MR) is 79.4 cm³/mol. The summed E-state index contributed by atoms with van der Waals surface area (Å²) >= 11 is 0. The third-order valence-corrected chi connectivity index (χ3v) is 3.13. The highest BCUT2D eigenvalue weighted by Gasteiger charge is 2.06. The summed E-state index contributed by atoms with van der Waals surface area (Å²) in [6, 6.07) is 11.4. The summed E-state index contributed by atoms with van der Waals surface area (Å²) < 4.78 is 12.7. The molecule has 2 aromatic carbocycles. The summed E-state index contributed by atoms with van der Waals surface area (Å²) in [5.74, 6) is -0.243. The number of Topliss-reactive ketones (excluding diaryl/α,β-unsaturated/α-hetero) is 1. The number of ketones is 1. The zero-order valence-corrected chi connectivity index (χ0v) is 11.3. The molecule has 0 aliphatic carbocycles. The Morgan fingerprint density at radius 3 is 2.55 bits per heavy atom. The molecule has 0 unspecified atom stereocenters. The highest BCUT2D eigenvalue weighted by molar-refractivity contribution is 5.97. The normalized spacial score (nSPS) is 10.3. The molecule has 0 bridgehead atoms. The molecule has 104 valence electrons. The number of benzene rings is 2. The average molecular weight is 272 g/mol. The first-order valence-corrected chi connectivity index (χ1v) is 6.45. The van der Waals surface area contributed by atoms with Crippen LogP contribution >= 0.6 is 0 Å². The van der Waals surface area contributed by atoms with Gasteiger partial charge in [0, 0.05) is 29.9 Å². The number of aryl methyl sites for hydroxylation is 1. The Balaban J connectivity index is 1.88. The van der Waals surface area contributed by atoms with Crippen LogP contribution in [0.4, 0.5) is 15.8 Å². The molecular formula is C16H17FN2O. The smallest absolute Gasteiger partial charge is 0.164 e. The van der Waals surface area contributed by atoms with Crippen molar-refractivity contribution in [2.24, 2.45) is 0 Å². The van der Waals surface area contributed by atoms with Gasteiger partial charge in [-0.25, -0.2) is 4.39 Å². The third kappa shape index (κ3) is 3.57. The quantitative estimate of drug-likeness (QED) is 0.648. The monoisotopic (exact) mass is 272 g/mol. The molecule has 0 radical (unpaired) electrons. The molecule has 0 saturated heterocycles. The number of rotatable bonds is 5. The lowest BCUT2D eigenvalue weighted by Crippen LogP contribution is -2.09. The maximum Gasteiger partial charge on any atom is 0.164 e. The van der Waals surface area contributed by atoms with Crippen molar-refractivity contribution in [1.82, 2.24) is 0 Å². The minimum Gasteiger partial charge on any atom is -0.398 e. The molecule has 20 heavy (non-hydrogen) atoms. The summed E-state index contributed by atoms with van der Waals surface area (Å²) in [4.78, 5) is 12.0. The molecule has 0 aliphatic rings. The lowest BCUT2D eigenvalue weighted by Gasteiger charge is -2.07. The molecule has 3 nitrogen and oxygen atoms in total. The van der Waals surface area contributed by atoms with Gasteiger partial charge in [0.1, 0.15) is 5.82 Å². The number of anilines is 2. The fourth-order valence-electron chi connectivity index (χ4n) is 1.85. The van der Waals surface area contributed by atoms with Crippen LogP contribution in [0.25, 0.3) is 0 Å². The van der Waals surface area contributed by atoms with Crippen molar-refractivity contribution in [2.75, 3.05) is 17.6 Å². The minimum absolute atomic E-state index is 0.0336. The van der Waals surface area contributed by atoms with Crippen LogP contribution in [0, 0.1) is 12.7 Å². The lowest BCUT2D eigenvalue weighted by atomic mass is 10.0. The van der Waals surface area contributed by atoms with Gasteiger partial charge in [-0.15, -0.1) is 0 Å². The Morgan fingerprint density at radius 1 is 1.20 bits per heavy atom. The Labute approximate surface area is 117 Å². The van der Waals surface area contributed by atoms with Crippen molar-refractivity contribution in [1.29, 1.82) is 0 Å². The summed E-state index contributed by atoms with van der Waals surface area (Å²) in [7, 11) is 0. The molecule has 2 rings (SSSR count). The molecule has 4 heteroatoms. The third-order valence-electron chi connectivity index (χ3n) is 3.13. The molecule has 0 amide bonds. The Kier molecular flexibility index (Phi) is 4.35. The van der Waals surface area contributed by atoms with Gasteiger partial charge >= 0.3 is 0 Å². The second-order valence-electron chi connectivity index (χ2n) is 4.68. The Hall–Kier alpha value is -2.36. The molecule has 3 N–H and O–H groups in total. The number of hydrogen-bond donors (Lipinski definition) is 2. The first-order chi connectivity index (χ1) is 9.56. The van der Waals surface area contributed by atoms with E-state index in [9.17, 15) is 9.18 Å². The average Bonchev–Trinajstić information content (AvgIpc) is 2.44. The standard InChI is InChI=1S/C16H17FN2O/c1-11-2-3-12(10-15(11)18)16(20)8-9-19-14-6-4-13(17)5-7-14/h2-7,10,19H,8-9,18H2,1H3. The first kappa shape index (κ1) is 14.1. The fourth-order valence-corrected chi connectivity index (χ4v) is 1.85. The number of carbonyl (C=O) groups excluding carboxylic acids is 1. The number of nitrogen functional groups attached to an aromatic ring is 1. The van der Waals surface area contributed by atoms with Crippen LogP contribution in [0.15, 0.2) is 42.5 Å². The molecule has 0 heterocycles. The fraction of sp³-hybridized carbons (Fsp3) is 0.188. The maximum absolute atomic E-state index is 12.7. The SMILES string of the molecule is Cc1ccc(C(=O)CCNc2ccc(F)cc2)cc1N. The largest absolute Gasteiger partial charge is 0.398 e. The van der Waals surface area contributed by atoms with E-state index < -0.39 is 0 Å². The van der Waals surface area contributed by atoms with Gasteiger partial charge in [-0.2, -0.15) is 0 Å². The highest BCUT2D eigenvalue weighted by Crippen LogP contribution is 2.14. The number of nitrogens with two attached hydrogens (primary N) is 1. The first-order valence-electron chi connectivity index (χ1n) is 6.45. The topological polar surface area (TPSA) is 55.1 Å². The second-order valence-corrected chi connectivity index (χ2v) is 4.68. The summed E-state index contributed by atoms with van der Waals surface area (Å²) in [6.45, 7) is 2.40. The Bertz CT molecular complexity index is 608. The van der Waals surface area contributed by atoms with Gasteiger partial charge in [-0.3, -0.25) is 4.79 Å². The van der Waals surface area contributed by atoms with E-state index in [-0.39, 0.29) is 11.6 Å². The van der Waals surface area contributed by atoms with Crippen molar-refractivity contribution in [2.45, 2.75) is 13.3 Å². The van der Waals surface area contributed by atoms with Crippen LogP contribution in [0.3, 0.4) is 0 Å². The van der Waals surface area contributed by atoms with Crippen LogP contribution in [0.5, 0.6) is 0 Å². The molecule has 0 spiro atoms. The molecule has 0 saturated carbocycles. The summed E-state index contributed by atoms with van der Waals surface area (Å²) in [5.41, 5.74) is 8.79. The zero-order valence-electron chi connectivity index (χ0n) is 11.3. The van der Waals surface area contributed by atoms with E-state index in [0.29, 0.717) is 24.2 Å². The highest BCUT2D eigenvalue weighted by atomic mass is 19.1. The van der Waals surface area contributed by atoms with E-state index >= 15 is 0 Å². The molecule has 0 aliphatic heterocycles. The maximum atomic E-state index is 12.7. The minimum atomic E-state index is -0.276. The van der Waals surface area contributed by atoms with Crippen molar-refractivity contribution in [3.63, 3.8) is 0 Å². The van der Waals surface area contributed by atoms with Crippen LogP contribution in [-0.4, -0.2) is 12.3 Å². The van der Waals surface area contributed by atoms with E-state index in [4.69, 9.17) is 5.73 Å². The van der Waals surface area contributed by atoms with Crippen molar-refractivity contribution in [3.8, 4) is 0 Å². The van der Waals surface area contributed by atoms with Crippen LogP contribution in [0.2, 0.25) is 0 Å². The Morgan fingerprint density at radius 2 is 1.90 bits per heavy atom. The predicted octanol–water partition coefficient (Wildman–Crippen LogP) is 3.40.